The molecule has 0 bridgehead atoms. The van der Waals surface area contributed by atoms with Crippen molar-refractivity contribution in [2.24, 2.45) is 11.1 Å². The zero-order chi connectivity index (χ0) is 16.0. The van der Waals surface area contributed by atoms with Crippen molar-refractivity contribution in [3.05, 3.63) is 23.8 Å². The molecule has 0 spiro atoms. The molecule has 1 rings (SSSR count). The third kappa shape index (κ3) is 4.93. The third-order valence-corrected chi connectivity index (χ3v) is 3.42. The van der Waals surface area contributed by atoms with Crippen molar-refractivity contribution in [2.45, 2.75) is 39.7 Å². The minimum Gasteiger partial charge on any atom is -0.493 e. The van der Waals surface area contributed by atoms with Crippen molar-refractivity contribution in [3.8, 4) is 11.5 Å². The summed E-state index contributed by atoms with van der Waals surface area (Å²) in [5.74, 6) is 0.239. The van der Waals surface area contributed by atoms with Crippen LogP contribution in [0.2, 0.25) is 0 Å². The topological polar surface area (TPSA) is 81.8 Å². The van der Waals surface area contributed by atoms with Crippen LogP contribution < -0.4 is 15.2 Å². The van der Waals surface area contributed by atoms with Gasteiger partial charge in [0.15, 0.2) is 11.5 Å². The van der Waals surface area contributed by atoms with E-state index in [1.54, 1.807) is 21.0 Å². The molecule has 0 aromatic heterocycles. The van der Waals surface area contributed by atoms with E-state index in [9.17, 15) is 4.79 Å². The second kappa shape index (κ2) is 7.31. The van der Waals surface area contributed by atoms with E-state index in [0.29, 0.717) is 11.5 Å². The van der Waals surface area contributed by atoms with E-state index in [1.165, 1.54) is 0 Å². The molecular weight excluding hydrogens is 270 g/mol. The maximum absolute atomic E-state index is 11.1. The van der Waals surface area contributed by atoms with Gasteiger partial charge in [-0.15, -0.1) is 0 Å². The minimum atomic E-state index is -0.958. The molecule has 1 aromatic rings. The van der Waals surface area contributed by atoms with Gasteiger partial charge in [0.05, 0.1) is 12.5 Å². The van der Waals surface area contributed by atoms with Gasteiger partial charge in [0.1, 0.15) is 6.61 Å². The fourth-order valence-electron chi connectivity index (χ4n) is 1.73. The van der Waals surface area contributed by atoms with Gasteiger partial charge in [0, 0.05) is 6.04 Å². The SMILES string of the molecule is CCC(N)Cc1ccc(OC)c(OCC(C)(C)C(=O)O)c1. The number of aliphatic carboxylic acids is 1. The molecule has 1 aromatic carbocycles. The molecule has 0 aliphatic rings. The van der Waals surface area contributed by atoms with E-state index in [4.69, 9.17) is 20.3 Å². The van der Waals surface area contributed by atoms with Gasteiger partial charge in [-0.3, -0.25) is 4.79 Å². The smallest absolute Gasteiger partial charge is 0.312 e. The number of nitrogens with two attached hydrogens (primary N) is 1. The molecule has 0 aliphatic carbocycles. The summed E-state index contributed by atoms with van der Waals surface area (Å²) in [6.07, 6.45) is 1.65. The average Bonchev–Trinajstić information content (AvgIpc) is 2.45. The van der Waals surface area contributed by atoms with Gasteiger partial charge in [-0.25, -0.2) is 0 Å². The number of ether oxygens (including phenoxy) is 2. The lowest BCUT2D eigenvalue weighted by atomic mass is 9.95. The second-order valence-electron chi connectivity index (χ2n) is 5.84. The Bertz CT molecular complexity index is 485. The first-order valence-corrected chi connectivity index (χ1v) is 7.08. The molecule has 0 heterocycles. The highest BCUT2D eigenvalue weighted by atomic mass is 16.5. The number of carboxylic acids is 1. The van der Waals surface area contributed by atoms with Crippen LogP contribution in [0.3, 0.4) is 0 Å². The van der Waals surface area contributed by atoms with Crippen molar-refractivity contribution >= 4 is 5.97 Å². The number of rotatable bonds is 8. The van der Waals surface area contributed by atoms with Crippen LogP contribution in [-0.2, 0) is 11.2 Å². The summed E-state index contributed by atoms with van der Waals surface area (Å²) in [5.41, 5.74) is 6.05. The number of benzene rings is 1. The van der Waals surface area contributed by atoms with Crippen molar-refractivity contribution in [1.82, 2.24) is 0 Å². The summed E-state index contributed by atoms with van der Waals surface area (Å²) in [6.45, 7) is 5.36. The normalized spacial score (nSPS) is 12.8. The predicted octanol–water partition coefficient (Wildman–Crippen LogP) is 2.46. The number of hydrogen-bond donors (Lipinski definition) is 2. The second-order valence-corrected chi connectivity index (χ2v) is 5.84. The van der Waals surface area contributed by atoms with Crippen LogP contribution in [0.25, 0.3) is 0 Å². The van der Waals surface area contributed by atoms with E-state index in [-0.39, 0.29) is 12.6 Å². The first-order valence-electron chi connectivity index (χ1n) is 7.08. The van der Waals surface area contributed by atoms with Gasteiger partial charge in [0.25, 0.3) is 0 Å². The van der Waals surface area contributed by atoms with E-state index in [0.717, 1.165) is 18.4 Å². The van der Waals surface area contributed by atoms with Crippen LogP contribution in [0.5, 0.6) is 11.5 Å². The van der Waals surface area contributed by atoms with Crippen LogP contribution in [0.1, 0.15) is 32.8 Å². The van der Waals surface area contributed by atoms with Gasteiger partial charge in [-0.2, -0.15) is 0 Å². The number of carbonyl (C=O) groups is 1. The van der Waals surface area contributed by atoms with Gasteiger partial charge in [-0.1, -0.05) is 13.0 Å². The first-order chi connectivity index (χ1) is 9.80. The van der Waals surface area contributed by atoms with Crippen LogP contribution in [-0.4, -0.2) is 30.8 Å². The highest BCUT2D eigenvalue weighted by molar-refractivity contribution is 5.73. The van der Waals surface area contributed by atoms with Crippen molar-refractivity contribution < 1.29 is 19.4 Å². The highest BCUT2D eigenvalue weighted by Gasteiger charge is 2.28. The zero-order valence-electron chi connectivity index (χ0n) is 13.2. The Morgan fingerprint density at radius 2 is 2.05 bits per heavy atom. The Morgan fingerprint density at radius 3 is 2.57 bits per heavy atom. The molecule has 0 saturated carbocycles. The lowest BCUT2D eigenvalue weighted by molar-refractivity contribution is -0.148. The Morgan fingerprint density at radius 1 is 1.38 bits per heavy atom. The number of hydrogen-bond acceptors (Lipinski definition) is 4. The quantitative estimate of drug-likeness (QED) is 0.770. The summed E-state index contributed by atoms with van der Waals surface area (Å²) in [7, 11) is 1.56. The van der Waals surface area contributed by atoms with Crippen molar-refractivity contribution in [1.29, 1.82) is 0 Å². The van der Waals surface area contributed by atoms with Crippen LogP contribution in [0, 0.1) is 5.41 Å². The summed E-state index contributed by atoms with van der Waals surface area (Å²) in [6, 6.07) is 5.73. The molecule has 1 unspecified atom stereocenters. The number of methoxy groups -OCH3 is 1. The van der Waals surface area contributed by atoms with E-state index in [2.05, 4.69) is 0 Å². The number of carboxylic acid groups (broad SMARTS) is 1. The molecule has 0 fully saturated rings. The molecule has 0 aliphatic heterocycles. The van der Waals surface area contributed by atoms with E-state index >= 15 is 0 Å². The average molecular weight is 295 g/mol. The van der Waals surface area contributed by atoms with E-state index in [1.807, 2.05) is 25.1 Å². The monoisotopic (exact) mass is 295 g/mol. The molecular formula is C16H25NO4. The Balaban J connectivity index is 2.88. The molecule has 0 saturated heterocycles. The lowest BCUT2D eigenvalue weighted by Gasteiger charge is -2.21. The predicted molar refractivity (Wildman–Crippen MR) is 81.9 cm³/mol. The third-order valence-electron chi connectivity index (χ3n) is 3.42. The Labute approximate surface area is 126 Å². The Hall–Kier alpha value is -1.75. The van der Waals surface area contributed by atoms with E-state index < -0.39 is 11.4 Å². The molecule has 21 heavy (non-hydrogen) atoms. The summed E-state index contributed by atoms with van der Waals surface area (Å²) in [5, 5.41) is 9.12. The fraction of sp³-hybridized carbons (Fsp3) is 0.562. The van der Waals surface area contributed by atoms with Gasteiger partial charge in [-0.05, 0) is 44.4 Å². The molecule has 0 radical (unpaired) electrons. The van der Waals surface area contributed by atoms with Crippen LogP contribution in [0.4, 0.5) is 0 Å². The maximum Gasteiger partial charge on any atom is 0.312 e. The van der Waals surface area contributed by atoms with Gasteiger partial charge >= 0.3 is 5.97 Å². The zero-order valence-corrected chi connectivity index (χ0v) is 13.2. The minimum absolute atomic E-state index is 0.0714. The van der Waals surface area contributed by atoms with Crippen LogP contribution in [0.15, 0.2) is 18.2 Å². The maximum atomic E-state index is 11.1. The summed E-state index contributed by atoms with van der Waals surface area (Å²) >= 11 is 0. The van der Waals surface area contributed by atoms with Crippen molar-refractivity contribution in [3.63, 3.8) is 0 Å². The Kier molecular flexibility index (Phi) is 6.03. The van der Waals surface area contributed by atoms with Crippen LogP contribution >= 0.6 is 0 Å². The fourth-order valence-corrected chi connectivity index (χ4v) is 1.73. The largest absolute Gasteiger partial charge is 0.493 e. The molecule has 3 N–H and O–H groups in total. The molecule has 5 heteroatoms. The lowest BCUT2D eigenvalue weighted by Crippen LogP contribution is -2.30. The molecule has 1 atom stereocenters. The highest BCUT2D eigenvalue weighted by Crippen LogP contribution is 2.30. The summed E-state index contributed by atoms with van der Waals surface area (Å²) < 4.78 is 10.9. The molecule has 5 nitrogen and oxygen atoms in total. The van der Waals surface area contributed by atoms with Gasteiger partial charge < -0.3 is 20.3 Å². The molecule has 118 valence electrons. The molecule has 0 amide bonds. The summed E-state index contributed by atoms with van der Waals surface area (Å²) in [4.78, 5) is 11.1. The first kappa shape index (κ1) is 17.3. The van der Waals surface area contributed by atoms with Gasteiger partial charge in [0.2, 0.25) is 0 Å². The van der Waals surface area contributed by atoms with Crippen molar-refractivity contribution in [2.75, 3.05) is 13.7 Å². The standard InChI is InChI=1S/C16H25NO4/c1-5-12(17)8-11-6-7-13(20-4)14(9-11)21-10-16(2,3)15(18)19/h6-7,9,12H,5,8,10,17H2,1-4H3,(H,18,19).